The van der Waals surface area contributed by atoms with Gasteiger partial charge in [0.05, 0.1) is 25.6 Å². The lowest BCUT2D eigenvalue weighted by molar-refractivity contribution is -0.184. The van der Waals surface area contributed by atoms with Crippen LogP contribution in [0.15, 0.2) is 0 Å². The van der Waals surface area contributed by atoms with Gasteiger partial charge in [-0.3, -0.25) is 52.7 Å². The van der Waals surface area contributed by atoms with E-state index in [4.69, 9.17) is 11.6 Å². The first-order valence-electron chi connectivity index (χ1n) is 33.0. The van der Waals surface area contributed by atoms with Crippen molar-refractivity contribution in [1.82, 2.24) is 55.6 Å². The molecule has 22 nitrogen and oxygen atoms in total. The maximum atomic E-state index is 15.1. The molecule has 1 spiro atoms. The molecule has 0 aromatic heterocycles. The van der Waals surface area contributed by atoms with Crippen molar-refractivity contribution in [1.29, 1.82) is 0 Å². The molecule has 0 aromatic carbocycles. The molecule has 4 N–H and O–H groups in total. The number of halogens is 4. The molecule has 0 radical (unpaired) electrons. The molecule has 0 aromatic rings. The van der Waals surface area contributed by atoms with Gasteiger partial charge in [0.25, 0.3) is 0 Å². The van der Waals surface area contributed by atoms with Crippen LogP contribution >= 0.6 is 11.6 Å². The van der Waals surface area contributed by atoms with Crippen LogP contribution in [0.2, 0.25) is 0 Å². The van der Waals surface area contributed by atoms with E-state index in [1.54, 1.807) is 34.6 Å². The van der Waals surface area contributed by atoms with Crippen LogP contribution in [0.5, 0.6) is 0 Å². The topological polar surface area (TPSA) is 259 Å². The summed E-state index contributed by atoms with van der Waals surface area (Å²) in [5.74, 6) is -9.82. The summed E-state index contributed by atoms with van der Waals surface area (Å²) in [5.41, 5.74) is -1.50. The third kappa shape index (κ3) is 21.9. The molecule has 4 rings (SSSR count). The summed E-state index contributed by atoms with van der Waals surface area (Å²) >= 11 is 6.48. The molecule has 0 unspecified atom stereocenters. The number of carbonyl (C=O) groups excluding carboxylic acids is 11. The smallest absolute Gasteiger partial charge is 0.351 e. The van der Waals surface area contributed by atoms with Crippen LogP contribution in [0.3, 0.4) is 0 Å². The van der Waals surface area contributed by atoms with Crippen LogP contribution in [-0.2, 0) is 52.7 Å². The molecule has 11 amide bonds. The van der Waals surface area contributed by atoms with E-state index in [2.05, 4.69) is 21.3 Å². The van der Waals surface area contributed by atoms with Gasteiger partial charge in [0, 0.05) is 67.2 Å². The SMILES string of the molecule is CC(C)C[C@H]1C(=O)NC2(CCCC2)C(=O)N(C)[C@@H](CC(C)C)C(=O)N[C@H](C)CC(=O)N(C)[C@@H](C(C)C)C(=O)N[C@@H](C(C)C)C(=O)N(C)CC(=O)N(C)CC(=O)N(C)[C@@H](CC2CCC(Cl)CC2)C(=O)N(C)CC(=O)N[C@@H](CCC2CCC(C(F)(F)F)CC2)C(=O)N1C. The summed E-state index contributed by atoms with van der Waals surface area (Å²) < 4.78 is 41.3. The van der Waals surface area contributed by atoms with Crippen LogP contribution in [0.1, 0.15) is 178 Å². The Morgan fingerprint density at radius 1 is 0.527 bits per heavy atom. The fourth-order valence-electron chi connectivity index (χ4n) is 13.5. The van der Waals surface area contributed by atoms with E-state index in [9.17, 15) is 51.5 Å². The zero-order valence-corrected chi connectivity index (χ0v) is 57.9. The average molecular weight is 1310 g/mol. The molecule has 1 saturated heterocycles. The molecule has 3 aliphatic carbocycles. The number of hydrogen-bond acceptors (Lipinski definition) is 11. The summed E-state index contributed by atoms with van der Waals surface area (Å²) in [4.78, 5) is 168. The predicted octanol–water partition coefficient (Wildman–Crippen LogP) is 5.72. The van der Waals surface area contributed by atoms with Crippen LogP contribution in [0.4, 0.5) is 13.2 Å². The van der Waals surface area contributed by atoms with Crippen LogP contribution in [-0.4, -0.2) is 228 Å². The van der Waals surface area contributed by atoms with Gasteiger partial charge in [-0.25, -0.2) is 0 Å². The summed E-state index contributed by atoms with van der Waals surface area (Å²) in [6.07, 6.45) is 0.617. The summed E-state index contributed by atoms with van der Waals surface area (Å²) in [7, 11) is 9.95. The second-order valence-corrected chi connectivity index (χ2v) is 29.1. The predicted molar refractivity (Wildman–Crippen MR) is 340 cm³/mol. The highest BCUT2D eigenvalue weighted by molar-refractivity contribution is 6.20. The minimum Gasteiger partial charge on any atom is -0.351 e. The lowest BCUT2D eigenvalue weighted by Gasteiger charge is -2.39. The first kappa shape index (κ1) is 77.7. The number of nitrogens with zero attached hydrogens (tertiary/aromatic N) is 7. The Labute approximate surface area is 543 Å². The number of carbonyl (C=O) groups is 11. The zero-order chi connectivity index (χ0) is 68.7. The molecule has 91 heavy (non-hydrogen) atoms. The highest BCUT2D eigenvalue weighted by Crippen LogP contribution is 2.41. The van der Waals surface area contributed by atoms with E-state index in [0.717, 1.165) is 14.7 Å². The Morgan fingerprint density at radius 2 is 1.05 bits per heavy atom. The second kappa shape index (κ2) is 34.4. The van der Waals surface area contributed by atoms with E-state index in [1.165, 1.54) is 68.9 Å². The lowest BCUT2D eigenvalue weighted by Crippen LogP contribution is -2.64. The molecule has 7 atom stereocenters. The van der Waals surface area contributed by atoms with Gasteiger partial charge in [0.1, 0.15) is 41.8 Å². The average Bonchev–Trinajstić information content (AvgIpc) is 1.91. The highest BCUT2D eigenvalue weighted by atomic mass is 35.5. The minimum absolute atomic E-state index is 0.0213. The van der Waals surface area contributed by atoms with Gasteiger partial charge in [-0.1, -0.05) is 68.2 Å². The van der Waals surface area contributed by atoms with Crippen molar-refractivity contribution in [3.8, 4) is 0 Å². The number of amides is 11. The van der Waals surface area contributed by atoms with Gasteiger partial charge in [-0.15, -0.1) is 11.6 Å². The summed E-state index contributed by atoms with van der Waals surface area (Å²) in [6.45, 7) is 14.4. The normalized spacial score (nSPS) is 29.4. The second-order valence-electron chi connectivity index (χ2n) is 28.4. The molecular formula is C65H109ClF3N11O11. The Hall–Kier alpha value is -5.75. The first-order valence-corrected chi connectivity index (χ1v) is 33.5. The standard InChI is InChI=1S/C65H109ClF3N11O11/c1-38(2)31-48-57(85)70-42(9)33-52(82)80(16)56(41(7)8)59(87)72-55(40(5)6)62(90)76(12)36-53(83)74(10)37-54(84)77(13)50(34-44-21-26-46(66)27-22-44)61(89)75(11)35-51(81)71-47(28-23-43-19-24-45(25-20-43)65(67,68)69)60(88)78(14)49(32-39(3)4)58(86)73-64(29-17-18-30-64)63(91)79(48)15/h38-50,55-56H,17-37H2,1-16H3,(H,70,85)(H,71,81)(H,72,87)(H,73,86)/t42-,43?,44?,45?,46?,47+,48+,49+,50+,55+,56+/m1/s1. The van der Waals surface area contributed by atoms with E-state index in [-0.39, 0.29) is 106 Å². The molecule has 1 heterocycles. The molecule has 0 bridgehead atoms. The third-order valence-electron chi connectivity index (χ3n) is 19.2. The quantitative estimate of drug-likeness (QED) is 0.182. The Bertz CT molecular complexity index is 2540. The molecule has 518 valence electrons. The van der Waals surface area contributed by atoms with Gasteiger partial charge >= 0.3 is 6.18 Å². The summed E-state index contributed by atoms with van der Waals surface area (Å²) in [6, 6.07) is -7.79. The number of rotatable bonds is 11. The van der Waals surface area contributed by atoms with Gasteiger partial charge in [-0.2, -0.15) is 13.2 Å². The van der Waals surface area contributed by atoms with Gasteiger partial charge in [-0.05, 0) is 139 Å². The van der Waals surface area contributed by atoms with E-state index < -0.39 is 156 Å². The van der Waals surface area contributed by atoms with Crippen molar-refractivity contribution in [2.75, 3.05) is 69.0 Å². The number of alkyl halides is 4. The Morgan fingerprint density at radius 3 is 1.58 bits per heavy atom. The van der Waals surface area contributed by atoms with Crippen molar-refractivity contribution < 1.29 is 65.9 Å². The van der Waals surface area contributed by atoms with Crippen molar-refractivity contribution in [3.63, 3.8) is 0 Å². The molecule has 1 aliphatic heterocycles. The molecule has 3 saturated carbocycles. The minimum atomic E-state index is -4.35. The van der Waals surface area contributed by atoms with Gasteiger partial charge in [0.15, 0.2) is 0 Å². The van der Waals surface area contributed by atoms with Crippen molar-refractivity contribution in [3.05, 3.63) is 0 Å². The van der Waals surface area contributed by atoms with Crippen LogP contribution in [0.25, 0.3) is 0 Å². The zero-order valence-electron chi connectivity index (χ0n) is 57.1. The summed E-state index contributed by atoms with van der Waals surface area (Å²) in [5, 5.41) is 11.5. The Kier molecular flexibility index (Phi) is 29.4. The molecular weight excluding hydrogens is 1200 g/mol. The van der Waals surface area contributed by atoms with Gasteiger partial charge in [0.2, 0.25) is 65.0 Å². The van der Waals surface area contributed by atoms with Crippen molar-refractivity contribution >= 4 is 76.6 Å². The molecule has 26 heteroatoms. The molecule has 4 aliphatic rings. The van der Waals surface area contributed by atoms with Crippen molar-refractivity contribution in [2.24, 2.45) is 41.4 Å². The van der Waals surface area contributed by atoms with E-state index in [0.29, 0.717) is 38.5 Å². The van der Waals surface area contributed by atoms with Gasteiger partial charge < -0.3 is 55.6 Å². The van der Waals surface area contributed by atoms with Crippen LogP contribution < -0.4 is 21.3 Å². The monoisotopic (exact) mass is 1310 g/mol. The maximum absolute atomic E-state index is 15.1. The Balaban J connectivity index is 1.81. The highest BCUT2D eigenvalue weighted by Gasteiger charge is 2.49. The third-order valence-corrected chi connectivity index (χ3v) is 19.7. The fourth-order valence-corrected chi connectivity index (χ4v) is 13.8. The van der Waals surface area contributed by atoms with E-state index >= 15 is 14.4 Å². The largest absolute Gasteiger partial charge is 0.391 e. The first-order chi connectivity index (χ1) is 42.3. The number of likely N-dealkylation sites (N-methyl/N-ethyl adjacent to an activating group) is 7. The van der Waals surface area contributed by atoms with Crippen LogP contribution in [0, 0.1) is 41.4 Å². The lowest BCUT2D eigenvalue weighted by atomic mass is 9.79. The fraction of sp³-hybridized carbons (Fsp3) is 0.831. The van der Waals surface area contributed by atoms with Crippen molar-refractivity contribution in [2.45, 2.75) is 237 Å². The maximum Gasteiger partial charge on any atom is 0.391 e. The number of hydrogen-bond donors (Lipinski definition) is 4. The molecule has 4 fully saturated rings. The van der Waals surface area contributed by atoms with E-state index in [1.807, 2.05) is 27.7 Å². The number of nitrogens with one attached hydrogen (secondary N) is 4.